The number of benzene rings is 1. The van der Waals surface area contributed by atoms with Crippen LogP contribution >= 0.6 is 15.9 Å². The molecule has 1 fully saturated rings. The molecule has 1 aromatic rings. The third kappa shape index (κ3) is 2.63. The summed E-state index contributed by atoms with van der Waals surface area (Å²) in [6, 6.07) is 3.54. The van der Waals surface area contributed by atoms with E-state index in [1.165, 1.54) is 11.0 Å². The van der Waals surface area contributed by atoms with E-state index in [1.54, 1.807) is 26.0 Å². The molecule has 1 aromatic carbocycles. The predicted octanol–water partition coefficient (Wildman–Crippen LogP) is 1.82. The standard InChI is InChI=1S/C13H14BrFN2O2/c1-7-13(19)17(8(2)12(18)16-7)6-9-4-3-5-10(15)11(9)14/h3-5,7-8H,6H2,1-2H3,(H,16,18). The highest BCUT2D eigenvalue weighted by Crippen LogP contribution is 2.23. The Kier molecular flexibility index (Phi) is 3.89. The molecule has 2 rings (SSSR count). The second-order valence-electron chi connectivity index (χ2n) is 4.59. The Morgan fingerprint density at radius 1 is 1.37 bits per heavy atom. The number of rotatable bonds is 2. The van der Waals surface area contributed by atoms with Crippen LogP contribution in [0.4, 0.5) is 4.39 Å². The van der Waals surface area contributed by atoms with Gasteiger partial charge in [-0.15, -0.1) is 0 Å². The number of hydrogen-bond donors (Lipinski definition) is 1. The van der Waals surface area contributed by atoms with Gasteiger partial charge in [0, 0.05) is 6.54 Å². The summed E-state index contributed by atoms with van der Waals surface area (Å²) in [6.45, 7) is 3.50. The number of carbonyl (C=O) groups is 2. The zero-order valence-electron chi connectivity index (χ0n) is 10.6. The van der Waals surface area contributed by atoms with Crippen LogP contribution in [-0.4, -0.2) is 28.8 Å². The summed E-state index contributed by atoms with van der Waals surface area (Å²) >= 11 is 3.16. The summed E-state index contributed by atoms with van der Waals surface area (Å²) in [5.41, 5.74) is 0.641. The van der Waals surface area contributed by atoms with Crippen LogP contribution in [0.2, 0.25) is 0 Å². The molecule has 2 unspecified atom stereocenters. The second-order valence-corrected chi connectivity index (χ2v) is 5.38. The maximum Gasteiger partial charge on any atom is 0.245 e. The second kappa shape index (κ2) is 5.28. The van der Waals surface area contributed by atoms with Gasteiger partial charge in [0.25, 0.3) is 0 Å². The highest BCUT2D eigenvalue weighted by atomic mass is 79.9. The summed E-state index contributed by atoms with van der Waals surface area (Å²) < 4.78 is 13.8. The molecule has 0 spiro atoms. The molecule has 0 aliphatic carbocycles. The van der Waals surface area contributed by atoms with Crippen LogP contribution in [0.15, 0.2) is 22.7 Å². The van der Waals surface area contributed by atoms with Crippen molar-refractivity contribution in [3.05, 3.63) is 34.1 Å². The van der Waals surface area contributed by atoms with Crippen molar-refractivity contribution in [2.24, 2.45) is 0 Å². The Bertz CT molecular complexity index is 535. The smallest absolute Gasteiger partial charge is 0.245 e. The van der Waals surface area contributed by atoms with Gasteiger partial charge in [0.2, 0.25) is 11.8 Å². The molecule has 4 nitrogen and oxygen atoms in total. The van der Waals surface area contributed by atoms with Crippen molar-refractivity contribution < 1.29 is 14.0 Å². The van der Waals surface area contributed by atoms with E-state index in [9.17, 15) is 14.0 Å². The lowest BCUT2D eigenvalue weighted by Crippen LogP contribution is -2.60. The van der Waals surface area contributed by atoms with Gasteiger partial charge in [-0.25, -0.2) is 4.39 Å². The highest BCUT2D eigenvalue weighted by Gasteiger charge is 2.35. The fourth-order valence-corrected chi connectivity index (χ4v) is 2.44. The summed E-state index contributed by atoms with van der Waals surface area (Å²) in [5.74, 6) is -0.741. The third-order valence-corrected chi connectivity index (χ3v) is 4.12. The number of amides is 2. The van der Waals surface area contributed by atoms with Gasteiger partial charge in [0.05, 0.1) is 4.47 Å². The molecule has 2 atom stereocenters. The quantitative estimate of drug-likeness (QED) is 0.900. The molecule has 0 radical (unpaired) electrons. The average molecular weight is 329 g/mol. The van der Waals surface area contributed by atoms with Crippen molar-refractivity contribution in [1.82, 2.24) is 10.2 Å². The minimum atomic E-state index is -0.557. The number of carbonyl (C=O) groups excluding carboxylic acids is 2. The monoisotopic (exact) mass is 328 g/mol. The van der Waals surface area contributed by atoms with Crippen LogP contribution in [0.5, 0.6) is 0 Å². The topological polar surface area (TPSA) is 49.4 Å². The third-order valence-electron chi connectivity index (χ3n) is 3.23. The van der Waals surface area contributed by atoms with Crippen LogP contribution in [0, 0.1) is 5.82 Å². The van der Waals surface area contributed by atoms with Crippen LogP contribution in [0.1, 0.15) is 19.4 Å². The number of piperazine rings is 1. The number of nitrogens with zero attached hydrogens (tertiary/aromatic N) is 1. The Morgan fingerprint density at radius 3 is 2.74 bits per heavy atom. The number of hydrogen-bond acceptors (Lipinski definition) is 2. The van der Waals surface area contributed by atoms with Crippen molar-refractivity contribution >= 4 is 27.7 Å². The Hall–Kier alpha value is -1.43. The fourth-order valence-electron chi connectivity index (χ4n) is 2.05. The van der Waals surface area contributed by atoms with Gasteiger partial charge >= 0.3 is 0 Å². The van der Waals surface area contributed by atoms with Gasteiger partial charge in [0.15, 0.2) is 0 Å². The number of nitrogens with one attached hydrogen (secondary N) is 1. The highest BCUT2D eigenvalue weighted by molar-refractivity contribution is 9.10. The Balaban J connectivity index is 2.28. The molecule has 1 N–H and O–H groups in total. The molecule has 0 bridgehead atoms. The summed E-state index contributed by atoms with van der Waals surface area (Å²) in [7, 11) is 0. The molecule has 1 aliphatic rings. The van der Waals surface area contributed by atoms with E-state index < -0.39 is 12.1 Å². The summed E-state index contributed by atoms with van der Waals surface area (Å²) in [5, 5.41) is 2.60. The minimum Gasteiger partial charge on any atom is -0.343 e. The van der Waals surface area contributed by atoms with E-state index in [-0.39, 0.29) is 24.2 Å². The molecular weight excluding hydrogens is 315 g/mol. The van der Waals surface area contributed by atoms with Gasteiger partial charge in [-0.3, -0.25) is 9.59 Å². The lowest BCUT2D eigenvalue weighted by Gasteiger charge is -2.36. The zero-order valence-corrected chi connectivity index (χ0v) is 12.2. The molecule has 0 aromatic heterocycles. The average Bonchev–Trinajstić information content (AvgIpc) is 2.37. The fraction of sp³-hybridized carbons (Fsp3) is 0.385. The molecule has 2 amide bonds. The van der Waals surface area contributed by atoms with Crippen LogP contribution < -0.4 is 5.32 Å². The molecule has 1 saturated heterocycles. The molecule has 6 heteroatoms. The molecule has 1 heterocycles. The molecular formula is C13H14BrFN2O2. The number of halogens is 2. The summed E-state index contributed by atoms with van der Waals surface area (Å²) in [4.78, 5) is 25.3. The van der Waals surface area contributed by atoms with Crippen molar-refractivity contribution in [2.45, 2.75) is 32.5 Å². The van der Waals surface area contributed by atoms with Gasteiger partial charge in [-0.1, -0.05) is 12.1 Å². The van der Waals surface area contributed by atoms with Crippen molar-refractivity contribution in [3.8, 4) is 0 Å². The van der Waals surface area contributed by atoms with Crippen LogP contribution in [0.3, 0.4) is 0 Å². The molecule has 1 aliphatic heterocycles. The van der Waals surface area contributed by atoms with Crippen molar-refractivity contribution in [3.63, 3.8) is 0 Å². The van der Waals surface area contributed by atoms with E-state index in [2.05, 4.69) is 21.2 Å². The first-order valence-corrected chi connectivity index (χ1v) is 6.75. The minimum absolute atomic E-state index is 0.164. The normalized spacial score (nSPS) is 23.5. The SMILES string of the molecule is CC1NC(=O)C(C)N(Cc2cccc(F)c2Br)C1=O. The van der Waals surface area contributed by atoms with E-state index in [4.69, 9.17) is 0 Å². The lowest BCUT2D eigenvalue weighted by molar-refractivity contribution is -0.148. The van der Waals surface area contributed by atoms with E-state index in [0.717, 1.165) is 0 Å². The maximum absolute atomic E-state index is 13.5. The summed E-state index contributed by atoms with van der Waals surface area (Å²) in [6.07, 6.45) is 0. The van der Waals surface area contributed by atoms with Crippen molar-refractivity contribution in [1.29, 1.82) is 0 Å². The maximum atomic E-state index is 13.5. The molecule has 0 saturated carbocycles. The van der Waals surface area contributed by atoms with Crippen LogP contribution in [0.25, 0.3) is 0 Å². The van der Waals surface area contributed by atoms with Gasteiger partial charge in [-0.2, -0.15) is 0 Å². The largest absolute Gasteiger partial charge is 0.343 e. The Labute approximate surface area is 119 Å². The Morgan fingerprint density at radius 2 is 2.05 bits per heavy atom. The van der Waals surface area contributed by atoms with Gasteiger partial charge in [0.1, 0.15) is 17.9 Å². The van der Waals surface area contributed by atoms with E-state index in [0.29, 0.717) is 10.0 Å². The zero-order chi connectivity index (χ0) is 14.2. The molecule has 19 heavy (non-hydrogen) atoms. The van der Waals surface area contributed by atoms with Gasteiger partial charge < -0.3 is 10.2 Å². The van der Waals surface area contributed by atoms with E-state index in [1.807, 2.05) is 0 Å². The lowest BCUT2D eigenvalue weighted by atomic mass is 10.1. The first-order valence-electron chi connectivity index (χ1n) is 5.95. The van der Waals surface area contributed by atoms with Gasteiger partial charge in [-0.05, 0) is 41.4 Å². The van der Waals surface area contributed by atoms with Crippen molar-refractivity contribution in [2.75, 3.05) is 0 Å². The predicted molar refractivity (Wildman–Crippen MR) is 71.7 cm³/mol. The molecule has 102 valence electrons. The first kappa shape index (κ1) is 14.0. The van der Waals surface area contributed by atoms with Crippen LogP contribution in [-0.2, 0) is 16.1 Å². The first-order chi connectivity index (χ1) is 8.91. The van der Waals surface area contributed by atoms with E-state index >= 15 is 0 Å².